The monoisotopic (exact) mass is 253 g/mol. The first-order valence-electron chi connectivity index (χ1n) is 5.05. The number of imidazole rings is 1. The van der Waals surface area contributed by atoms with Crippen molar-refractivity contribution < 1.29 is 0 Å². The lowest BCUT2D eigenvalue weighted by Gasteiger charge is -2.04. The molecule has 2 aromatic heterocycles. The van der Waals surface area contributed by atoms with Crippen LogP contribution in [0.15, 0.2) is 16.9 Å². The van der Waals surface area contributed by atoms with Crippen LogP contribution in [0.4, 0.5) is 5.13 Å². The van der Waals surface area contributed by atoms with Crippen LogP contribution in [0.3, 0.4) is 0 Å². The molecule has 84 valence electrons. The highest BCUT2D eigenvalue weighted by atomic mass is 32.2. The fourth-order valence-corrected chi connectivity index (χ4v) is 3.14. The maximum absolute atomic E-state index is 5.53. The molecular weight excluding hydrogens is 242 g/mol. The fourth-order valence-electron chi connectivity index (χ4n) is 1.54. The Labute approximate surface area is 101 Å². The predicted octanol–water partition coefficient (Wildman–Crippen LogP) is 1.94. The Kier molecular flexibility index (Phi) is 2.56. The molecule has 7 heteroatoms. The number of hydrogen-bond acceptors (Lipinski definition) is 6. The highest BCUT2D eigenvalue weighted by Crippen LogP contribution is 2.37. The number of aromatic nitrogens is 4. The zero-order chi connectivity index (χ0) is 11.0. The molecular formula is C9H11N5S2. The zero-order valence-corrected chi connectivity index (χ0v) is 10.2. The van der Waals surface area contributed by atoms with E-state index in [9.17, 15) is 0 Å². The molecule has 1 saturated carbocycles. The third-order valence-electron chi connectivity index (χ3n) is 2.45. The minimum Gasteiger partial charge on any atom is -0.374 e. The van der Waals surface area contributed by atoms with Crippen molar-refractivity contribution in [3.63, 3.8) is 0 Å². The second kappa shape index (κ2) is 4.06. The minimum absolute atomic E-state index is 0.526. The molecule has 1 aliphatic rings. The summed E-state index contributed by atoms with van der Waals surface area (Å²) in [6.07, 6.45) is 6.40. The van der Waals surface area contributed by atoms with Crippen molar-refractivity contribution in [3.8, 4) is 0 Å². The van der Waals surface area contributed by atoms with Gasteiger partial charge in [-0.25, -0.2) is 4.98 Å². The van der Waals surface area contributed by atoms with E-state index in [4.69, 9.17) is 5.73 Å². The van der Waals surface area contributed by atoms with Gasteiger partial charge in [-0.15, -0.1) is 10.2 Å². The van der Waals surface area contributed by atoms with Gasteiger partial charge >= 0.3 is 0 Å². The molecule has 1 aliphatic carbocycles. The van der Waals surface area contributed by atoms with Crippen LogP contribution in [0.5, 0.6) is 0 Å². The van der Waals surface area contributed by atoms with Crippen molar-refractivity contribution in [2.45, 2.75) is 29.0 Å². The summed E-state index contributed by atoms with van der Waals surface area (Å²) in [6.45, 7) is 0. The molecule has 0 aliphatic heterocycles. The lowest BCUT2D eigenvalue weighted by Crippen LogP contribution is -1.96. The summed E-state index contributed by atoms with van der Waals surface area (Å²) in [4.78, 5) is 4.19. The van der Waals surface area contributed by atoms with E-state index >= 15 is 0 Å². The highest BCUT2D eigenvalue weighted by molar-refractivity contribution is 8.00. The van der Waals surface area contributed by atoms with Crippen LogP contribution in [0, 0.1) is 0 Å². The quantitative estimate of drug-likeness (QED) is 0.843. The molecule has 2 heterocycles. The summed E-state index contributed by atoms with van der Waals surface area (Å²) >= 11 is 3.09. The topological polar surface area (TPSA) is 69.6 Å². The van der Waals surface area contributed by atoms with Crippen LogP contribution in [-0.4, -0.2) is 19.7 Å². The average molecular weight is 253 g/mol. The summed E-state index contributed by atoms with van der Waals surface area (Å²) in [6, 6.07) is 0.678. The number of thioether (sulfide) groups is 1. The molecule has 16 heavy (non-hydrogen) atoms. The minimum atomic E-state index is 0.526. The van der Waals surface area contributed by atoms with Crippen molar-refractivity contribution in [2.24, 2.45) is 0 Å². The van der Waals surface area contributed by atoms with Crippen LogP contribution >= 0.6 is 23.1 Å². The van der Waals surface area contributed by atoms with Gasteiger partial charge in [0, 0.05) is 23.7 Å². The van der Waals surface area contributed by atoms with Crippen molar-refractivity contribution in [3.05, 3.63) is 18.2 Å². The standard InChI is InChI=1S/C9H11N5S2/c10-8-12-13-9(16-8)15-4-7-3-11-5-14(7)6-1-2-6/h3,5-6H,1-2,4H2,(H2,10,12). The van der Waals surface area contributed by atoms with Gasteiger partial charge in [-0.1, -0.05) is 23.1 Å². The number of rotatable bonds is 4. The summed E-state index contributed by atoms with van der Waals surface area (Å²) in [5.41, 5.74) is 6.78. The van der Waals surface area contributed by atoms with E-state index in [1.165, 1.54) is 29.9 Å². The summed E-state index contributed by atoms with van der Waals surface area (Å²) in [5.74, 6) is 0.880. The highest BCUT2D eigenvalue weighted by Gasteiger charge is 2.25. The Balaban J connectivity index is 1.67. The molecule has 0 amide bonds. The van der Waals surface area contributed by atoms with Gasteiger partial charge in [-0.2, -0.15) is 0 Å². The van der Waals surface area contributed by atoms with E-state index in [1.807, 2.05) is 12.5 Å². The van der Waals surface area contributed by atoms with Gasteiger partial charge in [0.05, 0.1) is 6.33 Å². The Morgan fingerprint density at radius 1 is 1.50 bits per heavy atom. The van der Waals surface area contributed by atoms with Crippen molar-refractivity contribution >= 4 is 28.2 Å². The summed E-state index contributed by atoms with van der Waals surface area (Å²) < 4.78 is 3.18. The van der Waals surface area contributed by atoms with Crippen molar-refractivity contribution in [1.82, 2.24) is 19.7 Å². The number of hydrogen-bond donors (Lipinski definition) is 1. The molecule has 3 rings (SSSR count). The molecule has 0 aromatic carbocycles. The van der Waals surface area contributed by atoms with E-state index < -0.39 is 0 Å². The number of nitrogens with two attached hydrogens (primary N) is 1. The van der Waals surface area contributed by atoms with E-state index in [1.54, 1.807) is 11.8 Å². The SMILES string of the molecule is Nc1nnc(SCc2cncn2C2CC2)s1. The van der Waals surface area contributed by atoms with Crippen LogP contribution in [0.1, 0.15) is 24.6 Å². The van der Waals surface area contributed by atoms with E-state index in [-0.39, 0.29) is 0 Å². The molecule has 5 nitrogen and oxygen atoms in total. The lowest BCUT2D eigenvalue weighted by atomic mass is 10.5. The molecule has 0 saturated heterocycles. The Hall–Kier alpha value is -1.08. The number of anilines is 1. The van der Waals surface area contributed by atoms with E-state index in [0.717, 1.165) is 10.1 Å². The summed E-state index contributed by atoms with van der Waals surface area (Å²) in [7, 11) is 0. The van der Waals surface area contributed by atoms with Gasteiger partial charge in [0.25, 0.3) is 0 Å². The molecule has 0 atom stereocenters. The van der Waals surface area contributed by atoms with Crippen LogP contribution < -0.4 is 5.73 Å². The molecule has 2 N–H and O–H groups in total. The average Bonchev–Trinajstić information content (AvgIpc) is 2.86. The van der Waals surface area contributed by atoms with E-state index in [0.29, 0.717) is 11.2 Å². The van der Waals surface area contributed by atoms with Crippen LogP contribution in [0.2, 0.25) is 0 Å². The summed E-state index contributed by atoms with van der Waals surface area (Å²) in [5, 5.41) is 8.30. The first-order chi connectivity index (χ1) is 7.83. The van der Waals surface area contributed by atoms with Gasteiger partial charge < -0.3 is 10.3 Å². The van der Waals surface area contributed by atoms with E-state index in [2.05, 4.69) is 19.7 Å². The Bertz CT molecular complexity index is 488. The zero-order valence-electron chi connectivity index (χ0n) is 8.54. The van der Waals surface area contributed by atoms with Gasteiger partial charge in [0.15, 0.2) is 4.34 Å². The first kappa shape index (κ1) is 10.1. The number of nitrogens with zero attached hydrogens (tertiary/aromatic N) is 4. The van der Waals surface area contributed by atoms with Gasteiger partial charge in [0.1, 0.15) is 0 Å². The first-order valence-corrected chi connectivity index (χ1v) is 6.85. The van der Waals surface area contributed by atoms with Gasteiger partial charge in [-0.05, 0) is 12.8 Å². The molecule has 0 unspecified atom stereocenters. The second-order valence-corrected chi connectivity index (χ2v) is 5.95. The molecule has 0 radical (unpaired) electrons. The largest absolute Gasteiger partial charge is 0.374 e. The molecule has 0 bridgehead atoms. The van der Waals surface area contributed by atoms with Crippen molar-refractivity contribution in [2.75, 3.05) is 5.73 Å². The lowest BCUT2D eigenvalue weighted by molar-refractivity contribution is 0.714. The molecule has 0 spiro atoms. The van der Waals surface area contributed by atoms with Crippen LogP contribution in [0.25, 0.3) is 0 Å². The molecule has 1 fully saturated rings. The number of nitrogen functional groups attached to an aromatic ring is 1. The Morgan fingerprint density at radius 3 is 3.06 bits per heavy atom. The van der Waals surface area contributed by atoms with Gasteiger partial charge in [-0.3, -0.25) is 0 Å². The smallest absolute Gasteiger partial charge is 0.203 e. The Morgan fingerprint density at radius 2 is 2.38 bits per heavy atom. The molecule has 2 aromatic rings. The normalized spacial score (nSPS) is 15.5. The van der Waals surface area contributed by atoms with Crippen molar-refractivity contribution in [1.29, 1.82) is 0 Å². The van der Waals surface area contributed by atoms with Crippen LogP contribution in [-0.2, 0) is 5.75 Å². The fraction of sp³-hybridized carbons (Fsp3) is 0.444. The predicted molar refractivity (Wildman–Crippen MR) is 64.4 cm³/mol. The maximum Gasteiger partial charge on any atom is 0.203 e. The maximum atomic E-state index is 5.53. The third kappa shape index (κ3) is 2.05. The third-order valence-corrected chi connectivity index (χ3v) is 4.37. The van der Waals surface area contributed by atoms with Gasteiger partial charge in [0.2, 0.25) is 5.13 Å². The second-order valence-electron chi connectivity index (χ2n) is 3.72.